The topological polar surface area (TPSA) is 106 Å². The maximum atomic E-state index is 12.2. The van der Waals surface area contributed by atoms with Crippen LogP contribution in [-0.4, -0.2) is 30.1 Å². The lowest BCUT2D eigenvalue weighted by molar-refractivity contribution is -0.143. The molecule has 1 aliphatic carbocycles. The van der Waals surface area contributed by atoms with Gasteiger partial charge in [-0.25, -0.2) is 4.79 Å². The van der Waals surface area contributed by atoms with Crippen LogP contribution in [0.15, 0.2) is 21.3 Å². The van der Waals surface area contributed by atoms with Gasteiger partial charge < -0.3 is 19.6 Å². The van der Waals surface area contributed by atoms with E-state index in [9.17, 15) is 14.4 Å². The Hall–Kier alpha value is -2.83. The number of carboxylic acids is 1. The molecular formula is C22H27NO6. The fourth-order valence-corrected chi connectivity index (χ4v) is 3.85. The highest BCUT2D eigenvalue weighted by Gasteiger charge is 2.26. The quantitative estimate of drug-likeness (QED) is 0.721. The number of rotatable bonds is 6. The fourth-order valence-electron chi connectivity index (χ4n) is 3.85. The van der Waals surface area contributed by atoms with E-state index in [1.807, 2.05) is 13.0 Å². The van der Waals surface area contributed by atoms with Gasteiger partial charge in [-0.15, -0.1) is 0 Å². The second-order valence-electron chi connectivity index (χ2n) is 7.85. The van der Waals surface area contributed by atoms with Crippen LogP contribution in [0.25, 0.3) is 11.0 Å². The van der Waals surface area contributed by atoms with Crippen molar-refractivity contribution in [1.82, 2.24) is 5.32 Å². The largest absolute Gasteiger partial charge is 0.483 e. The molecule has 1 aromatic heterocycles. The number of carbonyl (C=O) groups is 2. The van der Waals surface area contributed by atoms with Gasteiger partial charge in [0, 0.05) is 23.1 Å². The van der Waals surface area contributed by atoms with E-state index in [0.29, 0.717) is 47.8 Å². The smallest absolute Gasteiger partial charge is 0.339 e. The van der Waals surface area contributed by atoms with E-state index in [-0.39, 0.29) is 24.1 Å². The van der Waals surface area contributed by atoms with E-state index in [2.05, 4.69) is 5.32 Å². The molecule has 0 bridgehead atoms. The minimum atomic E-state index is -0.729. The van der Waals surface area contributed by atoms with Crippen molar-refractivity contribution in [2.75, 3.05) is 13.2 Å². The van der Waals surface area contributed by atoms with Gasteiger partial charge in [0.15, 0.2) is 6.61 Å². The monoisotopic (exact) mass is 401 g/mol. The zero-order valence-electron chi connectivity index (χ0n) is 17.0. The SMILES string of the molecule is Cc1c(C)c2ccc(OCC(=O)NCC3CCC(C(=O)O)CC3)c(C)c2oc1=O. The van der Waals surface area contributed by atoms with E-state index in [1.165, 1.54) is 0 Å². The van der Waals surface area contributed by atoms with Gasteiger partial charge in [0.2, 0.25) is 0 Å². The molecule has 1 aromatic carbocycles. The van der Waals surface area contributed by atoms with Crippen LogP contribution < -0.4 is 15.7 Å². The second kappa shape index (κ2) is 8.68. The molecule has 0 unspecified atom stereocenters. The van der Waals surface area contributed by atoms with Gasteiger partial charge >= 0.3 is 11.6 Å². The van der Waals surface area contributed by atoms with E-state index < -0.39 is 5.97 Å². The zero-order chi connectivity index (χ0) is 21.1. The molecule has 1 heterocycles. The number of benzene rings is 1. The van der Waals surface area contributed by atoms with E-state index in [4.69, 9.17) is 14.3 Å². The van der Waals surface area contributed by atoms with Gasteiger partial charge in [-0.05, 0) is 70.1 Å². The number of hydrogen-bond acceptors (Lipinski definition) is 5. The minimum absolute atomic E-state index is 0.133. The summed E-state index contributed by atoms with van der Waals surface area (Å²) < 4.78 is 11.1. The summed E-state index contributed by atoms with van der Waals surface area (Å²) in [7, 11) is 0. The lowest BCUT2D eigenvalue weighted by atomic mass is 9.82. The van der Waals surface area contributed by atoms with Crippen molar-refractivity contribution in [3.05, 3.63) is 39.2 Å². The molecule has 0 saturated heterocycles. The number of nitrogens with one attached hydrogen (secondary N) is 1. The van der Waals surface area contributed by atoms with Crippen LogP contribution >= 0.6 is 0 Å². The second-order valence-corrected chi connectivity index (χ2v) is 7.85. The number of hydrogen-bond donors (Lipinski definition) is 2. The Bertz CT molecular complexity index is 985. The molecule has 7 nitrogen and oxygen atoms in total. The molecule has 1 fully saturated rings. The highest BCUT2D eigenvalue weighted by molar-refractivity contribution is 5.85. The van der Waals surface area contributed by atoms with Crippen LogP contribution in [0.5, 0.6) is 5.75 Å². The Morgan fingerprint density at radius 3 is 2.45 bits per heavy atom. The first-order valence-corrected chi connectivity index (χ1v) is 9.93. The number of carbonyl (C=O) groups excluding carboxylic acids is 1. The van der Waals surface area contributed by atoms with Gasteiger partial charge in [0.25, 0.3) is 5.91 Å². The summed E-state index contributed by atoms with van der Waals surface area (Å²) in [6.45, 7) is 5.81. The number of amides is 1. The van der Waals surface area contributed by atoms with Crippen molar-refractivity contribution in [1.29, 1.82) is 0 Å². The predicted molar refractivity (Wildman–Crippen MR) is 108 cm³/mol. The van der Waals surface area contributed by atoms with Crippen molar-refractivity contribution >= 4 is 22.8 Å². The molecule has 0 spiro atoms. The summed E-state index contributed by atoms with van der Waals surface area (Å²) in [4.78, 5) is 35.1. The standard InChI is InChI=1S/C22H27NO6/c1-12-13(2)22(27)29-20-14(3)18(9-8-17(12)20)28-11-19(24)23-10-15-4-6-16(7-5-15)21(25)26/h8-9,15-16H,4-7,10-11H2,1-3H3,(H,23,24)(H,25,26). The normalized spacial score (nSPS) is 19.1. The van der Waals surface area contributed by atoms with Gasteiger partial charge in [0.1, 0.15) is 11.3 Å². The van der Waals surface area contributed by atoms with Crippen LogP contribution in [0.1, 0.15) is 42.4 Å². The molecule has 1 amide bonds. The van der Waals surface area contributed by atoms with Crippen molar-refractivity contribution in [2.24, 2.45) is 11.8 Å². The first kappa shape index (κ1) is 20.9. The third-order valence-electron chi connectivity index (χ3n) is 5.97. The highest BCUT2D eigenvalue weighted by Crippen LogP contribution is 2.30. The van der Waals surface area contributed by atoms with E-state index in [0.717, 1.165) is 23.8 Å². The summed E-state index contributed by atoms with van der Waals surface area (Å²) in [5.41, 5.74) is 2.25. The summed E-state index contributed by atoms with van der Waals surface area (Å²) >= 11 is 0. The molecule has 1 aliphatic rings. The van der Waals surface area contributed by atoms with Crippen LogP contribution in [0.4, 0.5) is 0 Å². The molecule has 0 radical (unpaired) electrons. The molecule has 29 heavy (non-hydrogen) atoms. The number of aliphatic carboxylic acids is 1. The summed E-state index contributed by atoms with van der Waals surface area (Å²) in [5, 5.41) is 12.8. The van der Waals surface area contributed by atoms with Crippen LogP contribution in [0.3, 0.4) is 0 Å². The third-order valence-corrected chi connectivity index (χ3v) is 5.97. The van der Waals surface area contributed by atoms with Gasteiger partial charge in [-0.2, -0.15) is 0 Å². The Kier molecular flexibility index (Phi) is 6.25. The van der Waals surface area contributed by atoms with Crippen molar-refractivity contribution in [3.63, 3.8) is 0 Å². The highest BCUT2D eigenvalue weighted by atomic mass is 16.5. The number of ether oxygens (including phenoxy) is 1. The molecule has 0 aliphatic heterocycles. The first-order valence-electron chi connectivity index (χ1n) is 9.93. The van der Waals surface area contributed by atoms with Crippen LogP contribution in [0, 0.1) is 32.6 Å². The van der Waals surface area contributed by atoms with Gasteiger partial charge in [-0.3, -0.25) is 9.59 Å². The molecule has 2 aromatic rings. The van der Waals surface area contributed by atoms with E-state index in [1.54, 1.807) is 19.9 Å². The predicted octanol–water partition coefficient (Wildman–Crippen LogP) is 3.10. The summed E-state index contributed by atoms with van der Waals surface area (Å²) in [6, 6.07) is 3.62. The Balaban J connectivity index is 1.56. The molecule has 0 atom stereocenters. The Morgan fingerprint density at radius 1 is 1.10 bits per heavy atom. The average molecular weight is 401 g/mol. The number of carboxylic acid groups (broad SMARTS) is 1. The molecule has 3 rings (SSSR count). The van der Waals surface area contributed by atoms with Crippen molar-refractivity contribution in [2.45, 2.75) is 46.5 Å². The van der Waals surface area contributed by atoms with Gasteiger partial charge in [-0.1, -0.05) is 0 Å². The minimum Gasteiger partial charge on any atom is -0.483 e. The molecule has 7 heteroatoms. The summed E-state index contributed by atoms with van der Waals surface area (Å²) in [5.74, 6) is -0.411. The van der Waals surface area contributed by atoms with E-state index >= 15 is 0 Å². The lowest BCUT2D eigenvalue weighted by Crippen LogP contribution is -2.35. The average Bonchev–Trinajstić information content (AvgIpc) is 2.71. The summed E-state index contributed by atoms with van der Waals surface area (Å²) in [6.07, 6.45) is 2.93. The fraction of sp³-hybridized carbons (Fsp3) is 0.500. The number of aryl methyl sites for hydroxylation is 2. The van der Waals surface area contributed by atoms with Crippen LogP contribution in [-0.2, 0) is 9.59 Å². The van der Waals surface area contributed by atoms with Crippen LogP contribution in [0.2, 0.25) is 0 Å². The maximum Gasteiger partial charge on any atom is 0.339 e. The zero-order valence-corrected chi connectivity index (χ0v) is 17.0. The third kappa shape index (κ3) is 4.60. The molecule has 1 saturated carbocycles. The lowest BCUT2D eigenvalue weighted by Gasteiger charge is -2.26. The molecule has 2 N–H and O–H groups in total. The van der Waals surface area contributed by atoms with Crippen molar-refractivity contribution in [3.8, 4) is 5.75 Å². The molecule has 156 valence electrons. The Morgan fingerprint density at radius 2 is 1.79 bits per heavy atom. The van der Waals surface area contributed by atoms with Crippen molar-refractivity contribution < 1.29 is 23.8 Å². The van der Waals surface area contributed by atoms with Gasteiger partial charge in [0.05, 0.1) is 5.92 Å². The Labute approximate surface area is 169 Å². The number of fused-ring (bicyclic) bond motifs is 1. The maximum absolute atomic E-state index is 12.2. The molecular weight excluding hydrogens is 374 g/mol. The first-order chi connectivity index (χ1) is 13.8.